The molecule has 8 N–H and O–H groups in total. The van der Waals surface area contributed by atoms with E-state index in [1.54, 1.807) is 0 Å². The van der Waals surface area contributed by atoms with Gasteiger partial charge in [-0.2, -0.15) is 8.62 Å². The molecule has 18 nitrogen and oxygen atoms in total. The molecular weight excluding hydrogens is 527 g/mol. The predicted octanol–water partition coefficient (Wildman–Crippen LogP) is -1.21. The molecule has 32 heavy (non-hydrogen) atoms. The summed E-state index contributed by atoms with van der Waals surface area (Å²) in [6.07, 6.45) is -3.69. The monoisotopic (exact) mass is 543 g/mol. The SMILES string of the molecule is Cl.Nc1ncnc2c1ncn2[C@@H]1O[C@H](COP(=O)(O)OP(=O)(O)OP(=O)(O)O)[C@@H](O)[C@H]1O. The van der Waals surface area contributed by atoms with Crippen LogP contribution in [0.25, 0.3) is 11.2 Å². The van der Waals surface area contributed by atoms with E-state index >= 15 is 0 Å². The molecule has 22 heteroatoms. The Morgan fingerprint density at radius 2 is 1.69 bits per heavy atom. The molecule has 6 atom stereocenters. The summed E-state index contributed by atoms with van der Waals surface area (Å²) in [6.45, 7) is -0.956. The Morgan fingerprint density at radius 1 is 1.03 bits per heavy atom. The minimum absolute atomic E-state index is 0. The van der Waals surface area contributed by atoms with E-state index < -0.39 is 54.6 Å². The third kappa shape index (κ3) is 6.28. The van der Waals surface area contributed by atoms with Crippen molar-refractivity contribution in [2.75, 3.05) is 12.3 Å². The van der Waals surface area contributed by atoms with Crippen LogP contribution in [0.5, 0.6) is 0 Å². The summed E-state index contributed by atoms with van der Waals surface area (Å²) in [5.41, 5.74) is 6.00. The van der Waals surface area contributed by atoms with Crippen molar-refractivity contribution >= 4 is 52.9 Å². The first-order chi connectivity index (χ1) is 14.2. The highest BCUT2D eigenvalue weighted by atomic mass is 35.5. The number of aliphatic hydroxyl groups is 2. The molecule has 0 aliphatic carbocycles. The Kier molecular flexibility index (Phi) is 8.20. The van der Waals surface area contributed by atoms with Crippen molar-refractivity contribution in [3.05, 3.63) is 12.7 Å². The van der Waals surface area contributed by atoms with Crippen molar-refractivity contribution in [1.82, 2.24) is 19.5 Å². The molecule has 0 radical (unpaired) electrons. The smallest absolute Gasteiger partial charge is 0.387 e. The molecule has 1 fully saturated rings. The Bertz CT molecular complexity index is 1110. The minimum atomic E-state index is -5.70. The fraction of sp³-hybridized carbons (Fsp3) is 0.500. The third-order valence-corrected chi connectivity index (χ3v) is 7.62. The van der Waals surface area contributed by atoms with Crippen molar-refractivity contribution in [2.45, 2.75) is 24.5 Å². The summed E-state index contributed by atoms with van der Waals surface area (Å²) in [6, 6.07) is 0. The van der Waals surface area contributed by atoms with E-state index in [1.807, 2.05) is 0 Å². The summed E-state index contributed by atoms with van der Waals surface area (Å²) in [5, 5.41) is 20.4. The fourth-order valence-electron chi connectivity index (χ4n) is 2.62. The lowest BCUT2D eigenvalue weighted by atomic mass is 10.1. The van der Waals surface area contributed by atoms with Crippen LogP contribution in [0.4, 0.5) is 5.82 Å². The first-order valence-corrected chi connectivity index (χ1v) is 12.4. The Labute approximate surface area is 183 Å². The molecule has 0 amide bonds. The Balaban J connectivity index is 0.00000363. The van der Waals surface area contributed by atoms with Crippen LogP contribution < -0.4 is 5.73 Å². The highest BCUT2D eigenvalue weighted by Gasteiger charge is 2.47. The van der Waals surface area contributed by atoms with E-state index in [-0.39, 0.29) is 29.4 Å². The first-order valence-electron chi connectivity index (χ1n) is 7.92. The molecule has 2 unspecified atom stereocenters. The number of anilines is 1. The van der Waals surface area contributed by atoms with Gasteiger partial charge in [0, 0.05) is 0 Å². The maximum absolute atomic E-state index is 11.8. The zero-order valence-electron chi connectivity index (χ0n) is 15.3. The molecule has 0 saturated carbocycles. The van der Waals surface area contributed by atoms with Crippen LogP contribution in [0.15, 0.2) is 12.7 Å². The normalized spacial score (nSPS) is 27.6. The van der Waals surface area contributed by atoms with Gasteiger partial charge in [-0.05, 0) is 0 Å². The van der Waals surface area contributed by atoms with Crippen molar-refractivity contribution in [3.63, 3.8) is 0 Å². The first kappa shape index (κ1) is 27.2. The summed E-state index contributed by atoms with van der Waals surface area (Å²) in [7, 11) is -16.7. The van der Waals surface area contributed by atoms with Gasteiger partial charge in [-0.15, -0.1) is 12.4 Å². The lowest BCUT2D eigenvalue weighted by molar-refractivity contribution is -0.0503. The van der Waals surface area contributed by atoms with Gasteiger partial charge < -0.3 is 40.3 Å². The average Bonchev–Trinajstić information content (AvgIpc) is 3.13. The summed E-state index contributed by atoms with van der Waals surface area (Å²) >= 11 is 0. The molecule has 1 aliphatic heterocycles. The number of phosphoric acid groups is 3. The summed E-state index contributed by atoms with van der Waals surface area (Å²) in [4.78, 5) is 47.2. The van der Waals surface area contributed by atoms with Crippen LogP contribution in [-0.2, 0) is 31.6 Å². The number of phosphoric ester groups is 1. The molecule has 182 valence electrons. The zero-order valence-corrected chi connectivity index (χ0v) is 18.8. The van der Waals surface area contributed by atoms with Crippen LogP contribution in [-0.4, -0.2) is 74.2 Å². The van der Waals surface area contributed by atoms with E-state index in [1.165, 1.54) is 10.9 Å². The predicted molar refractivity (Wildman–Crippen MR) is 103 cm³/mol. The van der Waals surface area contributed by atoms with Crippen LogP contribution in [0, 0.1) is 0 Å². The minimum Gasteiger partial charge on any atom is -0.387 e. The van der Waals surface area contributed by atoms with Gasteiger partial charge >= 0.3 is 23.5 Å². The van der Waals surface area contributed by atoms with Crippen LogP contribution >= 0.6 is 35.9 Å². The van der Waals surface area contributed by atoms with Gasteiger partial charge in [-0.25, -0.2) is 28.6 Å². The van der Waals surface area contributed by atoms with Gasteiger partial charge in [0.25, 0.3) is 0 Å². The van der Waals surface area contributed by atoms with Crippen molar-refractivity contribution in [3.8, 4) is 0 Å². The molecule has 0 bridgehead atoms. The van der Waals surface area contributed by atoms with Crippen LogP contribution in [0.2, 0.25) is 0 Å². The number of nitrogens with zero attached hydrogens (tertiary/aromatic N) is 4. The standard InChI is InChI=1S/C10H16N5O13P3.ClH/c11-8-5-9(13-2-12-8)15(3-14-5)10-7(17)6(16)4(26-10)1-25-30(21,22)28-31(23,24)27-29(18,19)20;/h2-4,6-7,10,16-17H,1H2,(H,21,22)(H,23,24)(H2,11,12,13)(H2,18,19,20);1H/t4-,6-,7-,10-;/m1./s1. The number of hydrogen-bond donors (Lipinski definition) is 7. The highest BCUT2D eigenvalue weighted by Crippen LogP contribution is 2.66. The lowest BCUT2D eigenvalue weighted by Crippen LogP contribution is -2.33. The van der Waals surface area contributed by atoms with E-state index in [0.29, 0.717) is 0 Å². The summed E-state index contributed by atoms with van der Waals surface area (Å²) < 4.78 is 51.9. The number of halogens is 1. The molecule has 2 aromatic rings. The molecule has 0 aromatic carbocycles. The fourth-order valence-corrected chi connectivity index (χ4v) is 5.65. The van der Waals surface area contributed by atoms with E-state index in [0.717, 1.165) is 6.33 Å². The summed E-state index contributed by atoms with van der Waals surface area (Å²) in [5.74, 6) is 0.0426. The molecule has 3 heterocycles. The second-order valence-electron chi connectivity index (χ2n) is 6.02. The van der Waals surface area contributed by atoms with Crippen LogP contribution in [0.3, 0.4) is 0 Å². The Hall–Kier alpha value is -1.07. The van der Waals surface area contributed by atoms with Crippen LogP contribution in [0.1, 0.15) is 6.23 Å². The van der Waals surface area contributed by atoms with Crippen molar-refractivity contribution in [1.29, 1.82) is 0 Å². The number of aliphatic hydroxyl groups excluding tert-OH is 2. The van der Waals surface area contributed by atoms with Gasteiger partial charge in [-0.1, -0.05) is 0 Å². The molecule has 1 saturated heterocycles. The second kappa shape index (κ2) is 9.66. The van der Waals surface area contributed by atoms with Gasteiger partial charge in [0.2, 0.25) is 0 Å². The number of imidazole rings is 1. The third-order valence-electron chi connectivity index (χ3n) is 3.82. The molecular formula is C10H17ClN5O13P3. The van der Waals surface area contributed by atoms with Gasteiger partial charge in [0.1, 0.15) is 30.2 Å². The van der Waals surface area contributed by atoms with Crippen molar-refractivity contribution < 1.29 is 61.4 Å². The Morgan fingerprint density at radius 3 is 2.31 bits per heavy atom. The number of hydrogen-bond acceptors (Lipinski definition) is 13. The molecule has 0 spiro atoms. The maximum atomic E-state index is 11.8. The quantitative estimate of drug-likeness (QED) is 0.192. The van der Waals surface area contributed by atoms with Gasteiger partial charge in [0.05, 0.1) is 12.9 Å². The molecule has 3 rings (SSSR count). The zero-order chi connectivity index (χ0) is 23.2. The number of ether oxygens (including phenoxy) is 1. The van der Waals surface area contributed by atoms with Gasteiger partial charge in [-0.3, -0.25) is 9.09 Å². The number of aromatic nitrogens is 4. The van der Waals surface area contributed by atoms with E-state index in [9.17, 15) is 28.8 Å². The highest BCUT2D eigenvalue weighted by molar-refractivity contribution is 7.66. The average molecular weight is 544 g/mol. The largest absolute Gasteiger partial charge is 0.490 e. The maximum Gasteiger partial charge on any atom is 0.490 e. The lowest BCUT2D eigenvalue weighted by Gasteiger charge is -2.19. The topological polar surface area (TPSA) is 279 Å². The van der Waals surface area contributed by atoms with E-state index in [4.69, 9.17) is 25.2 Å². The number of nitrogen functional groups attached to an aromatic ring is 1. The second-order valence-corrected chi connectivity index (χ2v) is 10.4. The van der Waals surface area contributed by atoms with E-state index in [2.05, 4.69) is 28.1 Å². The molecule has 1 aliphatic rings. The number of rotatable bonds is 8. The van der Waals surface area contributed by atoms with Gasteiger partial charge in [0.15, 0.2) is 17.7 Å². The number of fused-ring (bicyclic) bond motifs is 1. The van der Waals surface area contributed by atoms with Crippen molar-refractivity contribution in [2.24, 2.45) is 0 Å². The molecule has 2 aromatic heterocycles. The number of nitrogens with two attached hydrogens (primary N) is 1.